The summed E-state index contributed by atoms with van der Waals surface area (Å²) < 4.78 is 0. The first kappa shape index (κ1) is 8.99. The summed E-state index contributed by atoms with van der Waals surface area (Å²) in [4.78, 5) is 23.3. The van der Waals surface area contributed by atoms with Gasteiger partial charge in [-0.3, -0.25) is 9.59 Å². The van der Waals surface area contributed by atoms with Crippen molar-refractivity contribution >= 4 is 11.8 Å². The van der Waals surface area contributed by atoms with Crippen LogP contribution in [0.5, 0.6) is 0 Å². The van der Waals surface area contributed by atoms with E-state index in [4.69, 9.17) is 11.5 Å². The first-order valence-corrected chi connectivity index (χ1v) is 3.85. The maximum atomic E-state index is 11.0. The zero-order chi connectivity index (χ0) is 9.35. The van der Waals surface area contributed by atoms with Crippen LogP contribution < -0.4 is 11.5 Å². The Hall–Kier alpha value is -1.10. The van der Waals surface area contributed by atoms with Crippen molar-refractivity contribution in [2.24, 2.45) is 11.5 Å². The summed E-state index contributed by atoms with van der Waals surface area (Å²) >= 11 is 0. The zero-order valence-corrected chi connectivity index (χ0v) is 7.04. The Morgan fingerprint density at radius 2 is 2.08 bits per heavy atom. The molecule has 1 unspecified atom stereocenters. The Morgan fingerprint density at radius 3 is 2.42 bits per heavy atom. The Bertz CT molecular complexity index is 229. The molecule has 5 nitrogen and oxygen atoms in total. The monoisotopic (exact) mass is 171 g/mol. The fourth-order valence-electron chi connectivity index (χ4n) is 1.54. The molecule has 1 atom stereocenters. The maximum Gasteiger partial charge on any atom is 0.258 e. The van der Waals surface area contributed by atoms with Gasteiger partial charge in [-0.05, 0) is 12.8 Å². The fourth-order valence-corrected chi connectivity index (χ4v) is 1.54. The highest BCUT2D eigenvalue weighted by Gasteiger charge is 2.43. The van der Waals surface area contributed by atoms with Gasteiger partial charge in [0.2, 0.25) is 5.91 Å². The summed E-state index contributed by atoms with van der Waals surface area (Å²) in [5, 5.41) is 0. The molecule has 1 heterocycles. The van der Waals surface area contributed by atoms with Gasteiger partial charge in [-0.15, -0.1) is 0 Å². The number of likely N-dealkylation sites (tertiary alicyclic amines) is 1. The minimum absolute atomic E-state index is 0.200. The quantitative estimate of drug-likeness (QED) is 0.517. The molecule has 0 bridgehead atoms. The van der Waals surface area contributed by atoms with Gasteiger partial charge >= 0.3 is 0 Å². The highest BCUT2D eigenvalue weighted by Crippen LogP contribution is 2.23. The first-order chi connectivity index (χ1) is 5.48. The van der Waals surface area contributed by atoms with Gasteiger partial charge in [-0.25, -0.2) is 0 Å². The van der Waals surface area contributed by atoms with Crippen LogP contribution in [0, 0.1) is 0 Å². The molecule has 1 aliphatic heterocycles. The van der Waals surface area contributed by atoms with Gasteiger partial charge in [0.25, 0.3) is 5.91 Å². The van der Waals surface area contributed by atoms with E-state index in [0.29, 0.717) is 13.0 Å². The van der Waals surface area contributed by atoms with Crippen LogP contribution in [0.3, 0.4) is 0 Å². The smallest absolute Gasteiger partial charge is 0.258 e. The number of nitrogens with two attached hydrogens (primary N) is 2. The molecule has 1 fully saturated rings. The molecule has 5 heteroatoms. The summed E-state index contributed by atoms with van der Waals surface area (Å²) in [5.41, 5.74) is 9.54. The molecule has 1 rings (SSSR count). The largest absolute Gasteiger partial charge is 0.366 e. The lowest BCUT2D eigenvalue weighted by molar-refractivity contribution is -0.141. The van der Waals surface area contributed by atoms with Crippen molar-refractivity contribution in [1.82, 2.24) is 4.90 Å². The van der Waals surface area contributed by atoms with E-state index in [9.17, 15) is 9.59 Å². The lowest BCUT2D eigenvalue weighted by atomic mass is 10.1. The number of hydrogen-bond acceptors (Lipinski definition) is 3. The molecule has 12 heavy (non-hydrogen) atoms. The van der Waals surface area contributed by atoms with E-state index >= 15 is 0 Å². The van der Waals surface area contributed by atoms with E-state index in [-0.39, 0.29) is 5.91 Å². The molecular formula is C7H13N3O2. The predicted molar refractivity (Wildman–Crippen MR) is 42.7 cm³/mol. The molecule has 0 radical (unpaired) electrons. The van der Waals surface area contributed by atoms with Crippen LogP contribution in [-0.4, -0.2) is 28.9 Å². The Balaban J connectivity index is 2.89. The van der Waals surface area contributed by atoms with Crippen LogP contribution in [-0.2, 0) is 9.59 Å². The van der Waals surface area contributed by atoms with Crippen LogP contribution in [0.2, 0.25) is 0 Å². The van der Waals surface area contributed by atoms with Crippen molar-refractivity contribution in [3.8, 4) is 0 Å². The van der Waals surface area contributed by atoms with E-state index in [0.717, 1.165) is 6.42 Å². The first-order valence-electron chi connectivity index (χ1n) is 3.85. The molecule has 0 aliphatic carbocycles. The van der Waals surface area contributed by atoms with Crippen molar-refractivity contribution in [3.05, 3.63) is 0 Å². The molecule has 0 spiro atoms. The van der Waals surface area contributed by atoms with Crippen LogP contribution in [0.1, 0.15) is 19.8 Å². The molecular weight excluding hydrogens is 158 g/mol. The third-order valence-corrected chi connectivity index (χ3v) is 2.23. The summed E-state index contributed by atoms with van der Waals surface area (Å²) in [7, 11) is 0. The van der Waals surface area contributed by atoms with Crippen molar-refractivity contribution in [2.45, 2.75) is 25.4 Å². The second kappa shape index (κ2) is 2.75. The third-order valence-electron chi connectivity index (χ3n) is 2.23. The van der Waals surface area contributed by atoms with Gasteiger partial charge in [-0.2, -0.15) is 0 Å². The Kier molecular flexibility index (Phi) is 2.06. The van der Waals surface area contributed by atoms with E-state index in [2.05, 4.69) is 0 Å². The fraction of sp³-hybridized carbons (Fsp3) is 0.714. The molecule has 1 saturated heterocycles. The number of rotatable bonds is 1. The van der Waals surface area contributed by atoms with Gasteiger partial charge < -0.3 is 16.4 Å². The SMILES string of the molecule is CC(=O)N1CCCC1(N)C(N)=O. The molecule has 4 N–H and O–H groups in total. The summed E-state index contributed by atoms with van der Waals surface area (Å²) in [6.07, 6.45) is 1.20. The minimum Gasteiger partial charge on any atom is -0.366 e. The second-order valence-corrected chi connectivity index (χ2v) is 3.06. The van der Waals surface area contributed by atoms with Crippen molar-refractivity contribution in [3.63, 3.8) is 0 Å². The molecule has 0 aromatic heterocycles. The number of carbonyl (C=O) groups excluding carboxylic acids is 2. The molecule has 2 amide bonds. The van der Waals surface area contributed by atoms with Crippen molar-refractivity contribution in [1.29, 1.82) is 0 Å². The molecule has 0 aromatic carbocycles. The molecule has 0 aromatic rings. The number of amides is 2. The average molecular weight is 171 g/mol. The van der Waals surface area contributed by atoms with E-state index in [1.54, 1.807) is 0 Å². The molecule has 0 saturated carbocycles. The third kappa shape index (κ3) is 1.16. The number of primary amides is 1. The van der Waals surface area contributed by atoms with Crippen LogP contribution in [0.4, 0.5) is 0 Å². The standard InChI is InChI=1S/C7H13N3O2/c1-5(11)10-4-2-3-7(10,9)6(8)12/h2-4,9H2,1H3,(H2,8,12). The van der Waals surface area contributed by atoms with Crippen LogP contribution >= 0.6 is 0 Å². The Labute approximate surface area is 70.7 Å². The average Bonchev–Trinajstić information content (AvgIpc) is 2.32. The number of nitrogens with zero attached hydrogens (tertiary/aromatic N) is 1. The minimum atomic E-state index is -1.24. The van der Waals surface area contributed by atoms with Gasteiger partial charge in [0.15, 0.2) is 5.66 Å². The maximum absolute atomic E-state index is 11.0. The normalized spacial score (nSPS) is 29.0. The lowest BCUT2D eigenvalue weighted by Crippen LogP contribution is -2.61. The van der Waals surface area contributed by atoms with Gasteiger partial charge in [0, 0.05) is 13.5 Å². The van der Waals surface area contributed by atoms with Crippen LogP contribution in [0.15, 0.2) is 0 Å². The highest BCUT2D eigenvalue weighted by atomic mass is 16.2. The second-order valence-electron chi connectivity index (χ2n) is 3.06. The molecule has 68 valence electrons. The van der Waals surface area contributed by atoms with E-state index < -0.39 is 11.6 Å². The van der Waals surface area contributed by atoms with Gasteiger partial charge in [0.05, 0.1) is 0 Å². The number of hydrogen-bond donors (Lipinski definition) is 2. The van der Waals surface area contributed by atoms with E-state index in [1.807, 2.05) is 0 Å². The lowest BCUT2D eigenvalue weighted by Gasteiger charge is -2.30. The summed E-state index contributed by atoms with van der Waals surface area (Å²) in [6.45, 7) is 1.91. The van der Waals surface area contributed by atoms with Crippen LogP contribution in [0.25, 0.3) is 0 Å². The predicted octanol–water partition coefficient (Wildman–Crippen LogP) is -1.23. The Morgan fingerprint density at radius 1 is 1.50 bits per heavy atom. The molecule has 1 aliphatic rings. The summed E-state index contributed by atoms with van der Waals surface area (Å²) in [5.74, 6) is -0.830. The van der Waals surface area contributed by atoms with Crippen molar-refractivity contribution < 1.29 is 9.59 Å². The topological polar surface area (TPSA) is 89.4 Å². The summed E-state index contributed by atoms with van der Waals surface area (Å²) in [6, 6.07) is 0. The van der Waals surface area contributed by atoms with Crippen molar-refractivity contribution in [2.75, 3.05) is 6.54 Å². The number of carbonyl (C=O) groups is 2. The van der Waals surface area contributed by atoms with Gasteiger partial charge in [-0.1, -0.05) is 0 Å². The van der Waals surface area contributed by atoms with E-state index in [1.165, 1.54) is 11.8 Å². The van der Waals surface area contributed by atoms with Gasteiger partial charge in [0.1, 0.15) is 0 Å². The zero-order valence-electron chi connectivity index (χ0n) is 7.04. The highest BCUT2D eigenvalue weighted by molar-refractivity contribution is 5.89.